The Morgan fingerprint density at radius 2 is 0.500 bits per heavy atom. The van der Waals surface area contributed by atoms with Gasteiger partial charge in [-0.05, 0) is 103 Å². The van der Waals surface area contributed by atoms with Gasteiger partial charge in [0.15, 0.2) is 12.2 Å². The molecule has 574 valence electrons. The van der Waals surface area contributed by atoms with Crippen molar-refractivity contribution < 1.29 is 80.2 Å². The Labute approximate surface area is 597 Å². The summed E-state index contributed by atoms with van der Waals surface area (Å²) in [6, 6.07) is 0. The van der Waals surface area contributed by atoms with E-state index in [4.69, 9.17) is 37.0 Å². The topological polar surface area (TPSA) is 237 Å². The summed E-state index contributed by atoms with van der Waals surface area (Å²) in [6.45, 7) is 4.88. The molecule has 19 heteroatoms. The molecule has 2 unspecified atom stereocenters. The molecule has 0 saturated carbocycles. The predicted octanol–water partition coefficient (Wildman–Crippen LogP) is 22.9. The minimum absolute atomic E-state index is 0.0865. The number of unbranched alkanes of at least 4 members (excludes halogenated alkanes) is 43. The molecule has 0 bridgehead atoms. The van der Waals surface area contributed by atoms with Crippen molar-refractivity contribution in [1.29, 1.82) is 0 Å². The van der Waals surface area contributed by atoms with Crippen molar-refractivity contribution in [2.75, 3.05) is 39.6 Å². The molecule has 0 saturated heterocycles. The van der Waals surface area contributed by atoms with E-state index in [0.717, 1.165) is 141 Å². The first kappa shape index (κ1) is 95.0. The summed E-state index contributed by atoms with van der Waals surface area (Å²) in [5, 5.41) is 10.6. The van der Waals surface area contributed by atoms with Crippen LogP contribution in [0.1, 0.15) is 374 Å². The van der Waals surface area contributed by atoms with E-state index in [9.17, 15) is 43.2 Å². The lowest BCUT2D eigenvalue weighted by Crippen LogP contribution is -2.30. The second-order valence-corrected chi connectivity index (χ2v) is 29.9. The molecule has 0 aliphatic carbocycles. The molecular formula is C79H146O17P2. The summed E-state index contributed by atoms with van der Waals surface area (Å²) in [5.41, 5.74) is 0. The molecular weight excluding hydrogens is 1280 g/mol. The zero-order chi connectivity index (χ0) is 71.8. The second kappa shape index (κ2) is 72.4. The minimum atomic E-state index is -4.97. The molecule has 0 aromatic heterocycles. The Kier molecular flexibility index (Phi) is 70.2. The third-order valence-corrected chi connectivity index (χ3v) is 19.2. The number of hydrogen-bond acceptors (Lipinski definition) is 15. The van der Waals surface area contributed by atoms with Crippen LogP contribution in [0.25, 0.3) is 0 Å². The molecule has 0 aromatic rings. The summed E-state index contributed by atoms with van der Waals surface area (Å²) in [5.74, 6) is -2.17. The van der Waals surface area contributed by atoms with Gasteiger partial charge in [-0.3, -0.25) is 37.3 Å². The molecule has 0 spiro atoms. The van der Waals surface area contributed by atoms with E-state index in [1.807, 2.05) is 0 Å². The molecule has 17 nitrogen and oxygen atoms in total. The zero-order valence-electron chi connectivity index (χ0n) is 62.7. The van der Waals surface area contributed by atoms with Crippen LogP contribution < -0.4 is 0 Å². The van der Waals surface area contributed by atoms with Crippen molar-refractivity contribution >= 4 is 39.5 Å². The van der Waals surface area contributed by atoms with Gasteiger partial charge in [-0.25, -0.2) is 9.13 Å². The number of hydrogen-bond donors (Lipinski definition) is 3. The van der Waals surface area contributed by atoms with Crippen molar-refractivity contribution in [3.63, 3.8) is 0 Å². The Hall–Kier alpha value is -2.98. The monoisotopic (exact) mass is 1430 g/mol. The summed E-state index contributed by atoms with van der Waals surface area (Å²) < 4.78 is 68.6. The van der Waals surface area contributed by atoms with Gasteiger partial charge < -0.3 is 33.8 Å². The summed E-state index contributed by atoms with van der Waals surface area (Å²) in [7, 11) is -9.94. The van der Waals surface area contributed by atoms with Crippen LogP contribution in [0.3, 0.4) is 0 Å². The van der Waals surface area contributed by atoms with Crippen LogP contribution in [0, 0.1) is 0 Å². The maximum Gasteiger partial charge on any atom is 0.472 e. The van der Waals surface area contributed by atoms with E-state index in [1.165, 1.54) is 154 Å². The highest BCUT2D eigenvalue weighted by atomic mass is 31.2. The van der Waals surface area contributed by atoms with E-state index in [0.29, 0.717) is 25.7 Å². The van der Waals surface area contributed by atoms with Gasteiger partial charge in [0.1, 0.15) is 19.3 Å². The zero-order valence-corrected chi connectivity index (χ0v) is 64.5. The largest absolute Gasteiger partial charge is 0.472 e. The molecule has 0 radical (unpaired) electrons. The maximum atomic E-state index is 13.1. The molecule has 0 aliphatic heterocycles. The fourth-order valence-electron chi connectivity index (χ4n) is 11.1. The van der Waals surface area contributed by atoms with Crippen LogP contribution >= 0.6 is 15.6 Å². The maximum absolute atomic E-state index is 13.1. The van der Waals surface area contributed by atoms with E-state index >= 15 is 0 Å². The summed E-state index contributed by atoms with van der Waals surface area (Å²) in [6.07, 6.45) is 69.4. The Bertz CT molecular complexity index is 2050. The summed E-state index contributed by atoms with van der Waals surface area (Å²) >= 11 is 0. The number of aliphatic hydroxyl groups excluding tert-OH is 1. The lowest BCUT2D eigenvalue weighted by atomic mass is 10.0. The number of carbonyl (C=O) groups excluding carboxylic acids is 4. The van der Waals surface area contributed by atoms with Gasteiger partial charge in [0, 0.05) is 25.7 Å². The number of esters is 4. The number of aliphatic hydroxyl groups is 1. The average Bonchev–Trinajstić information content (AvgIpc) is 1.04. The number of allylic oxidation sites excluding steroid dienone is 8. The molecule has 0 heterocycles. The quantitative estimate of drug-likeness (QED) is 0.0128. The van der Waals surface area contributed by atoms with Crippen LogP contribution in [0.5, 0.6) is 0 Å². The van der Waals surface area contributed by atoms with Crippen molar-refractivity contribution in [3.05, 3.63) is 48.6 Å². The number of carbonyl (C=O) groups is 4. The minimum Gasteiger partial charge on any atom is -0.462 e. The molecule has 3 N–H and O–H groups in total. The van der Waals surface area contributed by atoms with Gasteiger partial charge in [-0.1, -0.05) is 295 Å². The average molecular weight is 1430 g/mol. The Balaban J connectivity index is 5.33. The van der Waals surface area contributed by atoms with Crippen molar-refractivity contribution in [2.24, 2.45) is 0 Å². The van der Waals surface area contributed by atoms with Gasteiger partial charge >= 0.3 is 39.5 Å². The van der Waals surface area contributed by atoms with Gasteiger partial charge in [-0.2, -0.15) is 0 Å². The lowest BCUT2D eigenvalue weighted by molar-refractivity contribution is -0.161. The highest BCUT2D eigenvalue weighted by Crippen LogP contribution is 2.45. The third-order valence-electron chi connectivity index (χ3n) is 17.3. The third kappa shape index (κ3) is 71.4. The van der Waals surface area contributed by atoms with Crippen molar-refractivity contribution in [1.82, 2.24) is 0 Å². The first-order valence-corrected chi connectivity index (χ1v) is 42.9. The van der Waals surface area contributed by atoms with Gasteiger partial charge in [0.05, 0.1) is 26.4 Å². The van der Waals surface area contributed by atoms with Crippen LogP contribution in [-0.2, 0) is 65.4 Å². The predicted molar refractivity (Wildman–Crippen MR) is 400 cm³/mol. The molecule has 0 aliphatic rings. The Morgan fingerprint density at radius 1 is 0.286 bits per heavy atom. The second-order valence-electron chi connectivity index (χ2n) is 27.0. The van der Waals surface area contributed by atoms with Crippen molar-refractivity contribution in [2.45, 2.75) is 393 Å². The van der Waals surface area contributed by atoms with Crippen LogP contribution in [0.2, 0.25) is 0 Å². The van der Waals surface area contributed by atoms with Crippen LogP contribution in [-0.4, -0.2) is 96.7 Å². The highest BCUT2D eigenvalue weighted by molar-refractivity contribution is 7.47. The number of ether oxygens (including phenoxy) is 4. The fourth-order valence-corrected chi connectivity index (χ4v) is 12.7. The van der Waals surface area contributed by atoms with Crippen molar-refractivity contribution in [3.8, 4) is 0 Å². The molecule has 0 rings (SSSR count). The van der Waals surface area contributed by atoms with Crippen LogP contribution in [0.4, 0.5) is 0 Å². The first-order valence-electron chi connectivity index (χ1n) is 39.9. The van der Waals surface area contributed by atoms with Gasteiger partial charge in [0.2, 0.25) is 0 Å². The molecule has 5 atom stereocenters. The fraction of sp³-hybridized carbons (Fsp3) is 0.848. The first-order chi connectivity index (χ1) is 47.7. The molecule has 0 amide bonds. The number of phosphoric ester groups is 2. The lowest BCUT2D eigenvalue weighted by Gasteiger charge is -2.21. The number of rotatable bonds is 76. The van der Waals surface area contributed by atoms with E-state index in [2.05, 4.69) is 76.3 Å². The van der Waals surface area contributed by atoms with E-state index in [-0.39, 0.29) is 25.7 Å². The summed E-state index contributed by atoms with van der Waals surface area (Å²) in [4.78, 5) is 72.9. The SMILES string of the molecule is CCCCCC/C=C\C=C/CCCCCCCC(=O)OC[C@H](COP(=O)(O)OC[C@@H](O)COP(=O)(O)OC[C@@H](COC(=O)CCCCCCC/C=C\CCCCCCCC)OC(=O)CCCCCCCCCCCCCCC)OC(=O)CCCCCCC/C=C\CCCCCCCC. The van der Waals surface area contributed by atoms with Gasteiger partial charge in [0.25, 0.3) is 0 Å². The molecule has 0 fully saturated rings. The van der Waals surface area contributed by atoms with E-state index in [1.54, 1.807) is 0 Å². The standard InChI is InChI=1S/C79H146O17P2/c1-5-9-13-17-21-25-29-33-36-40-43-47-51-55-59-63-76(81)89-69-74(95-78(83)65-61-57-53-49-45-39-32-28-24-20-16-12-8-4)71-93-97(85,86)91-67-73(80)68-92-98(87,88)94-72-75(96-79(84)66-62-58-54-50-46-42-38-35-31-27-23-19-15-11-7-3)70-90-77(82)64-60-56-52-48-44-41-37-34-30-26-22-18-14-10-6-2/h26,30,33-38,73-75,80H,5-25,27-29,31-32,39-72H2,1-4H3,(H,85,86)(H,87,88)/b30-26-,36-33-,37-34-,38-35-/t73-,74+,75+/m0/s1. The molecule has 98 heavy (non-hydrogen) atoms. The normalized spacial score (nSPS) is 14.2. The highest BCUT2D eigenvalue weighted by Gasteiger charge is 2.30. The van der Waals surface area contributed by atoms with Gasteiger partial charge in [-0.15, -0.1) is 0 Å². The van der Waals surface area contributed by atoms with E-state index < -0.39 is 97.5 Å². The van der Waals surface area contributed by atoms with Crippen LogP contribution in [0.15, 0.2) is 48.6 Å². The Morgan fingerprint density at radius 3 is 0.776 bits per heavy atom. The number of phosphoric acid groups is 2. The molecule has 0 aromatic carbocycles. The smallest absolute Gasteiger partial charge is 0.462 e.